The van der Waals surface area contributed by atoms with Crippen molar-refractivity contribution >= 4 is 0 Å². The van der Waals surface area contributed by atoms with E-state index in [4.69, 9.17) is 10.8 Å². The van der Waals surface area contributed by atoms with E-state index >= 15 is 0 Å². The Labute approximate surface area is 44.3 Å². The summed E-state index contributed by atoms with van der Waals surface area (Å²) in [6, 6.07) is 0. The highest BCUT2D eigenvalue weighted by atomic mass is 16.3. The summed E-state index contributed by atoms with van der Waals surface area (Å²) < 4.78 is 0. The predicted molar refractivity (Wildman–Crippen MR) is 30.0 cm³/mol. The molecule has 1 atom stereocenters. The van der Waals surface area contributed by atoms with E-state index in [1.54, 1.807) is 6.92 Å². The molecule has 44 valence electrons. The van der Waals surface area contributed by atoms with Crippen molar-refractivity contribution in [2.75, 3.05) is 6.54 Å². The Hall–Kier alpha value is -0.0800. The molecule has 0 saturated carbocycles. The Morgan fingerprint density at radius 2 is 2.29 bits per heavy atom. The normalized spacial score (nSPS) is 14.1. The van der Waals surface area contributed by atoms with E-state index in [-0.39, 0.29) is 6.10 Å². The second-order valence-electron chi connectivity index (χ2n) is 1.78. The number of hydrogen-bond acceptors (Lipinski definition) is 2. The summed E-state index contributed by atoms with van der Waals surface area (Å²) in [6.07, 6.45) is 1.58. The maximum absolute atomic E-state index is 8.63. The number of rotatable bonds is 3. The fourth-order valence-corrected chi connectivity index (χ4v) is 0.413. The highest BCUT2D eigenvalue weighted by Crippen LogP contribution is 1.91. The van der Waals surface area contributed by atoms with E-state index in [2.05, 4.69) is 0 Å². The molecule has 0 aromatic heterocycles. The summed E-state index contributed by atoms with van der Waals surface area (Å²) in [5, 5.41) is 8.63. The van der Waals surface area contributed by atoms with Crippen LogP contribution in [-0.2, 0) is 0 Å². The lowest BCUT2D eigenvalue weighted by molar-refractivity contribution is 0.182. The number of hydrogen-bond donors (Lipinski definition) is 2. The summed E-state index contributed by atoms with van der Waals surface area (Å²) >= 11 is 0. The highest BCUT2D eigenvalue weighted by molar-refractivity contribution is 4.45. The zero-order valence-electron chi connectivity index (χ0n) is 4.72. The minimum atomic E-state index is -0.177. The van der Waals surface area contributed by atoms with Gasteiger partial charge in [0.15, 0.2) is 0 Å². The van der Waals surface area contributed by atoms with Gasteiger partial charge in [-0.1, -0.05) is 0 Å². The van der Waals surface area contributed by atoms with Crippen LogP contribution in [0.2, 0.25) is 0 Å². The van der Waals surface area contributed by atoms with Gasteiger partial charge in [-0.15, -0.1) is 0 Å². The summed E-state index contributed by atoms with van der Waals surface area (Å²) in [7, 11) is 0. The van der Waals surface area contributed by atoms with E-state index in [1.165, 1.54) is 0 Å². The second kappa shape index (κ2) is 4.09. The number of nitrogens with two attached hydrogens (primary N) is 1. The molecule has 7 heavy (non-hydrogen) atoms. The summed E-state index contributed by atoms with van der Waals surface area (Å²) in [4.78, 5) is 0. The Morgan fingerprint density at radius 1 is 1.71 bits per heavy atom. The molecule has 0 unspecified atom stereocenters. The van der Waals surface area contributed by atoms with Crippen molar-refractivity contribution in [3.05, 3.63) is 0 Å². The minimum absolute atomic E-state index is 0.177. The predicted octanol–water partition coefficient (Wildman–Crippen LogP) is 0.106. The third kappa shape index (κ3) is 5.92. The molecular weight excluding hydrogens is 90.1 g/mol. The van der Waals surface area contributed by atoms with Gasteiger partial charge in [0.1, 0.15) is 0 Å². The van der Waals surface area contributed by atoms with Crippen molar-refractivity contribution < 1.29 is 5.11 Å². The largest absolute Gasteiger partial charge is 0.393 e. The minimum Gasteiger partial charge on any atom is -0.393 e. The number of aliphatic hydroxyl groups excluding tert-OH is 1. The van der Waals surface area contributed by atoms with Gasteiger partial charge in [0.2, 0.25) is 0 Å². The lowest BCUT2D eigenvalue weighted by atomic mass is 10.2. The summed E-state index contributed by atoms with van der Waals surface area (Å²) in [6.45, 7) is 2.46. The van der Waals surface area contributed by atoms with E-state index in [0.29, 0.717) is 6.54 Å². The molecule has 0 aliphatic heterocycles. The van der Waals surface area contributed by atoms with Gasteiger partial charge < -0.3 is 10.8 Å². The monoisotopic (exact) mass is 103 g/mol. The molecule has 0 aromatic carbocycles. The van der Waals surface area contributed by atoms with Crippen LogP contribution in [-0.4, -0.2) is 17.8 Å². The van der Waals surface area contributed by atoms with Crippen LogP contribution in [0.3, 0.4) is 0 Å². The average Bonchev–Trinajstić information content (AvgIpc) is 1.61. The molecule has 0 bridgehead atoms. The topological polar surface area (TPSA) is 46.2 Å². The van der Waals surface area contributed by atoms with E-state index in [0.717, 1.165) is 12.8 Å². The van der Waals surface area contributed by atoms with Gasteiger partial charge in [0.05, 0.1) is 6.10 Å². The molecule has 0 aliphatic carbocycles. The van der Waals surface area contributed by atoms with Crippen molar-refractivity contribution in [3.63, 3.8) is 0 Å². The van der Waals surface area contributed by atoms with E-state index in [1.807, 2.05) is 0 Å². The van der Waals surface area contributed by atoms with Crippen LogP contribution < -0.4 is 5.73 Å². The fourth-order valence-electron chi connectivity index (χ4n) is 0.413. The zero-order chi connectivity index (χ0) is 5.70. The first-order valence-corrected chi connectivity index (χ1v) is 2.65. The standard InChI is InChI=1S/C5H13NO/c1-5(7)3-2-4-6/h5,7H,2-4,6H2,1H3/t5-/m1/s1. The van der Waals surface area contributed by atoms with Crippen molar-refractivity contribution in [1.82, 2.24) is 0 Å². The third-order valence-corrected chi connectivity index (χ3v) is 0.826. The van der Waals surface area contributed by atoms with Crippen LogP contribution in [0.15, 0.2) is 0 Å². The zero-order valence-corrected chi connectivity index (χ0v) is 4.72. The SMILES string of the molecule is C[C@@H](O)CCCN. The molecule has 0 aromatic rings. The molecular formula is C5H13NO. The molecule has 2 heteroatoms. The summed E-state index contributed by atoms with van der Waals surface area (Å²) in [5.74, 6) is 0. The number of aliphatic hydroxyl groups is 1. The third-order valence-electron chi connectivity index (χ3n) is 0.826. The molecule has 3 N–H and O–H groups in total. The summed E-state index contributed by atoms with van der Waals surface area (Å²) in [5.41, 5.74) is 5.17. The van der Waals surface area contributed by atoms with Gasteiger partial charge in [0.25, 0.3) is 0 Å². The smallest absolute Gasteiger partial charge is 0.0512 e. The Kier molecular flexibility index (Phi) is 4.04. The second-order valence-corrected chi connectivity index (χ2v) is 1.78. The van der Waals surface area contributed by atoms with E-state index in [9.17, 15) is 0 Å². The van der Waals surface area contributed by atoms with Crippen LogP contribution in [0, 0.1) is 0 Å². The molecule has 0 amide bonds. The van der Waals surface area contributed by atoms with Crippen LogP contribution in [0.5, 0.6) is 0 Å². The van der Waals surface area contributed by atoms with Gasteiger partial charge in [-0.25, -0.2) is 0 Å². The molecule has 0 aliphatic rings. The van der Waals surface area contributed by atoms with Crippen molar-refractivity contribution in [2.24, 2.45) is 5.73 Å². The van der Waals surface area contributed by atoms with Crippen molar-refractivity contribution in [1.29, 1.82) is 0 Å². The first-order chi connectivity index (χ1) is 3.27. The van der Waals surface area contributed by atoms with Crippen molar-refractivity contribution in [3.8, 4) is 0 Å². The van der Waals surface area contributed by atoms with Crippen LogP contribution in [0.25, 0.3) is 0 Å². The van der Waals surface area contributed by atoms with Gasteiger partial charge in [0, 0.05) is 0 Å². The molecule has 0 fully saturated rings. The lowest BCUT2D eigenvalue weighted by Gasteiger charge is -1.98. The maximum atomic E-state index is 8.63. The van der Waals surface area contributed by atoms with Gasteiger partial charge in [-0.05, 0) is 26.3 Å². The van der Waals surface area contributed by atoms with Gasteiger partial charge in [-0.2, -0.15) is 0 Å². The molecule has 0 spiro atoms. The molecule has 0 heterocycles. The average molecular weight is 103 g/mol. The molecule has 0 saturated heterocycles. The van der Waals surface area contributed by atoms with E-state index < -0.39 is 0 Å². The molecule has 0 rings (SSSR count). The maximum Gasteiger partial charge on any atom is 0.0512 e. The van der Waals surface area contributed by atoms with Crippen LogP contribution in [0.4, 0.5) is 0 Å². The highest BCUT2D eigenvalue weighted by Gasteiger charge is 1.90. The Balaban J connectivity index is 2.68. The van der Waals surface area contributed by atoms with Crippen LogP contribution in [0.1, 0.15) is 19.8 Å². The first kappa shape index (κ1) is 6.92. The Morgan fingerprint density at radius 3 is 2.43 bits per heavy atom. The molecule has 0 radical (unpaired) electrons. The Bertz CT molecular complexity index is 37.1. The first-order valence-electron chi connectivity index (χ1n) is 2.65. The van der Waals surface area contributed by atoms with Crippen LogP contribution >= 0.6 is 0 Å². The van der Waals surface area contributed by atoms with Gasteiger partial charge in [-0.3, -0.25) is 0 Å². The fraction of sp³-hybridized carbons (Fsp3) is 1.00. The lowest BCUT2D eigenvalue weighted by Crippen LogP contribution is -2.05. The van der Waals surface area contributed by atoms with Gasteiger partial charge >= 0.3 is 0 Å². The van der Waals surface area contributed by atoms with Crippen molar-refractivity contribution in [2.45, 2.75) is 25.9 Å². The quantitative estimate of drug-likeness (QED) is 0.532. The molecule has 2 nitrogen and oxygen atoms in total.